The average Bonchev–Trinajstić information content (AvgIpc) is 3.37. The van der Waals surface area contributed by atoms with Gasteiger partial charge in [-0.25, -0.2) is 10.8 Å². The molecule has 0 spiro atoms. The fourth-order valence-electron chi connectivity index (χ4n) is 3.44. The number of nitrogens with two attached hydrogens (primary N) is 1. The summed E-state index contributed by atoms with van der Waals surface area (Å²) in [4.78, 5) is 17.3. The first kappa shape index (κ1) is 29.1. The molecule has 0 atom stereocenters. The van der Waals surface area contributed by atoms with Gasteiger partial charge in [-0.1, -0.05) is 58.3 Å². The van der Waals surface area contributed by atoms with E-state index in [1.165, 1.54) is 35.6 Å². The number of carbonyl (C=O) groups excluding carboxylic acids is 1. The number of nitrogens with one attached hydrogen (secondary N) is 1. The van der Waals surface area contributed by atoms with Crippen LogP contribution in [0.2, 0.25) is 15.1 Å². The van der Waals surface area contributed by atoms with E-state index in [1.54, 1.807) is 36.5 Å². The maximum atomic E-state index is 13.0. The van der Waals surface area contributed by atoms with Crippen molar-refractivity contribution in [3.63, 3.8) is 0 Å². The molecule has 4 aromatic rings. The van der Waals surface area contributed by atoms with Gasteiger partial charge < -0.3 is 10.1 Å². The van der Waals surface area contributed by atoms with Crippen molar-refractivity contribution in [2.24, 2.45) is 5.84 Å². The highest BCUT2D eigenvalue weighted by Gasteiger charge is 2.25. The van der Waals surface area contributed by atoms with Gasteiger partial charge in [0.2, 0.25) is 11.0 Å². The fourth-order valence-corrected chi connectivity index (χ4v) is 6.17. The summed E-state index contributed by atoms with van der Waals surface area (Å²) in [6.07, 6.45) is 2.81. The van der Waals surface area contributed by atoms with Crippen molar-refractivity contribution >= 4 is 72.9 Å². The smallest absolute Gasteiger partial charge is 0.279 e. The summed E-state index contributed by atoms with van der Waals surface area (Å²) in [7, 11) is -4.06. The number of rotatable bonds is 11. The Bertz CT molecular complexity index is 1550. The van der Waals surface area contributed by atoms with Gasteiger partial charge in [0.1, 0.15) is 5.75 Å². The van der Waals surface area contributed by atoms with Crippen molar-refractivity contribution in [3.05, 3.63) is 98.4 Å². The first-order valence-electron chi connectivity index (χ1n) is 11.6. The first-order chi connectivity index (χ1) is 18.6. The molecule has 0 aliphatic rings. The molecule has 0 aliphatic carbocycles. The molecule has 0 bridgehead atoms. The second-order valence-electron chi connectivity index (χ2n) is 8.31. The van der Waals surface area contributed by atoms with Crippen LogP contribution in [0.4, 0.5) is 10.8 Å². The predicted octanol–water partition coefficient (Wildman–Crippen LogP) is 6.56. The topological polar surface area (TPSA) is 115 Å². The fraction of sp³-hybridized carbons (Fsp3) is 0.154. The van der Waals surface area contributed by atoms with E-state index in [1.807, 2.05) is 12.1 Å². The lowest BCUT2D eigenvalue weighted by atomic mass is 10.1. The number of carbonyl (C=O) groups is 1. The number of hydrogen-bond acceptors (Lipinski definition) is 7. The lowest BCUT2D eigenvalue weighted by Gasteiger charge is -2.16. The molecule has 3 aromatic carbocycles. The Morgan fingerprint density at radius 3 is 2.38 bits per heavy atom. The van der Waals surface area contributed by atoms with Crippen LogP contribution in [0.15, 0.2) is 77.8 Å². The van der Waals surface area contributed by atoms with Crippen molar-refractivity contribution < 1.29 is 17.9 Å². The summed E-state index contributed by atoms with van der Waals surface area (Å²) in [6.45, 7) is 0.288. The van der Waals surface area contributed by atoms with Gasteiger partial charge in [0.25, 0.3) is 10.0 Å². The second kappa shape index (κ2) is 13.0. The molecular formula is C26H23Cl3N4O4S2. The molecule has 204 valence electrons. The van der Waals surface area contributed by atoms with Gasteiger partial charge in [-0.3, -0.25) is 4.79 Å². The van der Waals surface area contributed by atoms with Crippen LogP contribution in [0.25, 0.3) is 0 Å². The minimum Gasteiger partial charge on any atom is -0.492 e. The van der Waals surface area contributed by atoms with Crippen molar-refractivity contribution in [1.82, 2.24) is 4.98 Å². The third kappa shape index (κ3) is 7.84. The van der Waals surface area contributed by atoms with E-state index in [2.05, 4.69) is 10.3 Å². The van der Waals surface area contributed by atoms with Crippen molar-refractivity contribution in [2.75, 3.05) is 16.3 Å². The van der Waals surface area contributed by atoms with E-state index >= 15 is 0 Å². The lowest BCUT2D eigenvalue weighted by Crippen LogP contribution is -2.37. The van der Waals surface area contributed by atoms with Crippen molar-refractivity contribution in [2.45, 2.75) is 24.2 Å². The summed E-state index contributed by atoms with van der Waals surface area (Å²) < 4.78 is 32.3. The van der Waals surface area contributed by atoms with Crippen molar-refractivity contribution in [3.8, 4) is 5.75 Å². The third-order valence-corrected chi connectivity index (χ3v) is 8.87. The number of hydrazine groups is 1. The Labute approximate surface area is 245 Å². The number of amides is 1. The molecule has 0 aliphatic heterocycles. The normalized spacial score (nSPS) is 11.3. The number of hydrogen-bond donors (Lipinski definition) is 2. The zero-order chi connectivity index (χ0) is 28.0. The molecule has 1 amide bonds. The molecule has 0 radical (unpaired) electrons. The zero-order valence-corrected chi connectivity index (χ0v) is 24.2. The minimum absolute atomic E-state index is 0.0364. The largest absolute Gasteiger partial charge is 0.492 e. The number of thiazole rings is 1. The van der Waals surface area contributed by atoms with Gasteiger partial charge in [-0.15, -0.1) is 0 Å². The van der Waals surface area contributed by atoms with Crippen LogP contribution in [-0.4, -0.2) is 25.9 Å². The molecule has 4 rings (SSSR count). The molecule has 0 fully saturated rings. The van der Waals surface area contributed by atoms with E-state index in [4.69, 9.17) is 45.4 Å². The lowest BCUT2D eigenvalue weighted by molar-refractivity contribution is -0.116. The van der Waals surface area contributed by atoms with E-state index < -0.39 is 10.0 Å². The Balaban J connectivity index is 1.29. The second-order valence-corrected chi connectivity index (χ2v) is 12.5. The average molecular weight is 626 g/mol. The molecule has 39 heavy (non-hydrogen) atoms. The van der Waals surface area contributed by atoms with Crippen LogP contribution in [-0.2, 0) is 21.2 Å². The Hall–Kier alpha value is -2.86. The number of ether oxygens (including phenoxy) is 1. The molecule has 1 heterocycles. The molecule has 0 unspecified atom stereocenters. The summed E-state index contributed by atoms with van der Waals surface area (Å²) in [6, 6.07) is 18.0. The molecule has 0 saturated carbocycles. The third-order valence-electron chi connectivity index (χ3n) is 5.42. The van der Waals surface area contributed by atoms with Gasteiger partial charge in [0.15, 0.2) is 0 Å². The highest BCUT2D eigenvalue weighted by Crippen LogP contribution is 2.29. The standard InChI is InChI=1S/C26H23Cl3N4O4S2/c27-18-5-3-17(4-6-18)14-21-16-31-26(38-21)33(30)39(35,36)22-10-8-20(9-11-22)32-25(34)2-1-13-37-24-12-7-19(28)15-23(24)29/h3-12,15-16H,1-2,13-14,30H2,(H,32,34). The molecule has 13 heteroatoms. The quantitative estimate of drug-likeness (QED) is 0.111. The molecule has 0 saturated heterocycles. The Morgan fingerprint density at radius 2 is 1.69 bits per heavy atom. The van der Waals surface area contributed by atoms with Crippen LogP contribution in [0.5, 0.6) is 5.75 Å². The van der Waals surface area contributed by atoms with Gasteiger partial charge in [-0.2, -0.15) is 12.8 Å². The minimum atomic E-state index is -4.06. The molecular weight excluding hydrogens is 603 g/mol. The summed E-state index contributed by atoms with van der Waals surface area (Å²) in [5, 5.41) is 4.41. The predicted molar refractivity (Wildman–Crippen MR) is 156 cm³/mol. The van der Waals surface area contributed by atoms with E-state index in [-0.39, 0.29) is 29.0 Å². The van der Waals surface area contributed by atoms with E-state index in [9.17, 15) is 13.2 Å². The van der Waals surface area contributed by atoms with Crippen LogP contribution < -0.4 is 20.3 Å². The van der Waals surface area contributed by atoms with Gasteiger partial charge in [-0.05, 0) is 66.6 Å². The highest BCUT2D eigenvalue weighted by molar-refractivity contribution is 7.93. The number of benzene rings is 3. The highest BCUT2D eigenvalue weighted by atomic mass is 35.5. The van der Waals surface area contributed by atoms with E-state index in [0.29, 0.717) is 43.8 Å². The number of aromatic nitrogens is 1. The number of sulfonamides is 1. The summed E-state index contributed by atoms with van der Waals surface area (Å²) in [5.41, 5.74) is 1.46. The van der Waals surface area contributed by atoms with Crippen LogP contribution in [0.3, 0.4) is 0 Å². The maximum absolute atomic E-state index is 13.0. The molecule has 8 nitrogen and oxygen atoms in total. The van der Waals surface area contributed by atoms with Gasteiger partial charge in [0.05, 0.1) is 16.5 Å². The number of nitrogens with zero attached hydrogens (tertiary/aromatic N) is 2. The van der Waals surface area contributed by atoms with Crippen molar-refractivity contribution in [1.29, 1.82) is 0 Å². The monoisotopic (exact) mass is 624 g/mol. The molecule has 1 aromatic heterocycles. The SMILES string of the molecule is NN(c1ncc(Cc2ccc(Cl)cc2)s1)S(=O)(=O)c1ccc(NC(=O)CCCOc2ccc(Cl)cc2Cl)cc1. The maximum Gasteiger partial charge on any atom is 0.279 e. The van der Waals surface area contributed by atoms with Gasteiger partial charge in [0, 0.05) is 39.6 Å². The van der Waals surface area contributed by atoms with Crippen LogP contribution >= 0.6 is 46.1 Å². The first-order valence-corrected chi connectivity index (χ1v) is 15.0. The van der Waals surface area contributed by atoms with Crippen LogP contribution in [0, 0.1) is 0 Å². The number of halogens is 3. The summed E-state index contributed by atoms with van der Waals surface area (Å²) >= 11 is 19.0. The Morgan fingerprint density at radius 1 is 1.00 bits per heavy atom. The Kier molecular flexibility index (Phi) is 9.71. The molecule has 3 N–H and O–H groups in total. The number of anilines is 2. The summed E-state index contributed by atoms with van der Waals surface area (Å²) in [5.74, 6) is 6.20. The zero-order valence-electron chi connectivity index (χ0n) is 20.3. The van der Waals surface area contributed by atoms with Crippen LogP contribution in [0.1, 0.15) is 23.3 Å². The van der Waals surface area contributed by atoms with E-state index in [0.717, 1.165) is 10.4 Å². The van der Waals surface area contributed by atoms with Gasteiger partial charge >= 0.3 is 0 Å².